The fourth-order valence-corrected chi connectivity index (χ4v) is 5.00. The maximum Gasteiger partial charge on any atom is 0.263 e. The average molecular weight is 442 g/mol. The number of thiazole rings is 1. The standard InChI is InChI=1S/C20H19N5OS3/c1-12-18(19(26)21-11-16-8-5-9-28-16)29-20(22-12)17-13(2)25(24-23-17)14-6-4-7-15(10-14)27-3/h4-10H,11H2,1-3H3,(H,21,26). The van der Waals surface area contributed by atoms with Gasteiger partial charge in [0.1, 0.15) is 15.6 Å². The van der Waals surface area contributed by atoms with E-state index in [2.05, 4.69) is 32.7 Å². The van der Waals surface area contributed by atoms with E-state index in [-0.39, 0.29) is 5.91 Å². The summed E-state index contributed by atoms with van der Waals surface area (Å²) in [5.41, 5.74) is 3.25. The molecule has 0 spiro atoms. The van der Waals surface area contributed by atoms with Crippen molar-refractivity contribution in [2.24, 2.45) is 0 Å². The molecule has 0 aliphatic rings. The molecule has 1 N–H and O–H groups in total. The zero-order valence-corrected chi connectivity index (χ0v) is 18.6. The number of aryl methyl sites for hydroxylation is 1. The Morgan fingerprint density at radius 2 is 2.10 bits per heavy atom. The molecule has 1 aromatic carbocycles. The fourth-order valence-electron chi connectivity index (χ4n) is 2.88. The lowest BCUT2D eigenvalue weighted by Gasteiger charge is -2.04. The van der Waals surface area contributed by atoms with E-state index < -0.39 is 0 Å². The van der Waals surface area contributed by atoms with E-state index in [0.717, 1.165) is 21.2 Å². The van der Waals surface area contributed by atoms with Gasteiger partial charge in [-0.25, -0.2) is 9.67 Å². The van der Waals surface area contributed by atoms with Crippen molar-refractivity contribution in [3.05, 3.63) is 62.9 Å². The number of amides is 1. The van der Waals surface area contributed by atoms with Crippen LogP contribution < -0.4 is 5.32 Å². The third-order valence-corrected chi connectivity index (χ3v) is 7.17. The van der Waals surface area contributed by atoms with Crippen LogP contribution in [0.15, 0.2) is 46.7 Å². The van der Waals surface area contributed by atoms with Crippen LogP contribution in [0.25, 0.3) is 16.4 Å². The van der Waals surface area contributed by atoms with Gasteiger partial charge in [-0.15, -0.1) is 39.5 Å². The molecule has 1 amide bonds. The minimum atomic E-state index is -0.114. The van der Waals surface area contributed by atoms with Crippen LogP contribution in [0.5, 0.6) is 0 Å². The van der Waals surface area contributed by atoms with Crippen molar-refractivity contribution in [1.29, 1.82) is 0 Å². The Kier molecular flexibility index (Phi) is 5.79. The predicted octanol–water partition coefficient (Wildman–Crippen LogP) is 4.72. The van der Waals surface area contributed by atoms with E-state index in [1.165, 1.54) is 11.3 Å². The number of carbonyl (C=O) groups excluding carboxylic acids is 1. The summed E-state index contributed by atoms with van der Waals surface area (Å²) in [5.74, 6) is -0.114. The number of thioether (sulfide) groups is 1. The normalized spacial score (nSPS) is 11.0. The summed E-state index contributed by atoms with van der Waals surface area (Å²) in [5, 5.41) is 14.3. The number of thiophene rings is 1. The molecule has 0 aliphatic carbocycles. The lowest BCUT2D eigenvalue weighted by atomic mass is 10.3. The first-order valence-corrected chi connectivity index (χ1v) is 11.8. The topological polar surface area (TPSA) is 72.7 Å². The van der Waals surface area contributed by atoms with Gasteiger partial charge in [-0.1, -0.05) is 17.3 Å². The molecule has 0 atom stereocenters. The second-order valence-electron chi connectivity index (χ2n) is 6.33. The van der Waals surface area contributed by atoms with Crippen LogP contribution in [-0.4, -0.2) is 32.1 Å². The van der Waals surface area contributed by atoms with Crippen molar-refractivity contribution in [2.45, 2.75) is 25.3 Å². The molecular formula is C20H19N5OS3. The van der Waals surface area contributed by atoms with E-state index in [0.29, 0.717) is 27.8 Å². The van der Waals surface area contributed by atoms with Crippen molar-refractivity contribution in [1.82, 2.24) is 25.3 Å². The van der Waals surface area contributed by atoms with Crippen LogP contribution in [0.4, 0.5) is 0 Å². The summed E-state index contributed by atoms with van der Waals surface area (Å²) in [4.78, 5) is 20.1. The summed E-state index contributed by atoms with van der Waals surface area (Å²) in [6.45, 7) is 4.33. The molecule has 0 radical (unpaired) electrons. The van der Waals surface area contributed by atoms with Gasteiger partial charge >= 0.3 is 0 Å². The summed E-state index contributed by atoms with van der Waals surface area (Å²) in [7, 11) is 0. The van der Waals surface area contributed by atoms with Crippen LogP contribution in [0, 0.1) is 13.8 Å². The Labute approximate surface area is 181 Å². The maximum atomic E-state index is 12.6. The molecule has 0 saturated heterocycles. The summed E-state index contributed by atoms with van der Waals surface area (Å²) >= 11 is 4.65. The van der Waals surface area contributed by atoms with Gasteiger partial charge in [-0.3, -0.25) is 4.79 Å². The molecule has 0 fully saturated rings. The monoisotopic (exact) mass is 441 g/mol. The van der Waals surface area contributed by atoms with Gasteiger partial charge in [0.25, 0.3) is 5.91 Å². The molecule has 148 valence electrons. The second-order valence-corrected chi connectivity index (χ2v) is 9.24. The lowest BCUT2D eigenvalue weighted by Crippen LogP contribution is -2.22. The van der Waals surface area contributed by atoms with Crippen molar-refractivity contribution in [3.63, 3.8) is 0 Å². The summed E-state index contributed by atoms with van der Waals surface area (Å²) < 4.78 is 1.81. The van der Waals surface area contributed by atoms with E-state index in [4.69, 9.17) is 0 Å². The second kappa shape index (κ2) is 8.48. The number of benzene rings is 1. The SMILES string of the molecule is CSc1cccc(-n2nnc(-c3nc(C)c(C(=O)NCc4cccs4)s3)c2C)c1. The van der Waals surface area contributed by atoms with Crippen molar-refractivity contribution < 1.29 is 4.79 Å². The van der Waals surface area contributed by atoms with Gasteiger partial charge in [0.15, 0.2) is 0 Å². The number of aromatic nitrogens is 4. The van der Waals surface area contributed by atoms with Gasteiger partial charge < -0.3 is 5.32 Å². The highest BCUT2D eigenvalue weighted by molar-refractivity contribution is 7.98. The average Bonchev–Trinajstić information content (AvgIpc) is 3.46. The molecule has 4 rings (SSSR count). The molecule has 0 unspecified atom stereocenters. The van der Waals surface area contributed by atoms with E-state index in [9.17, 15) is 4.79 Å². The molecule has 3 aromatic heterocycles. The van der Waals surface area contributed by atoms with Crippen LogP contribution in [0.2, 0.25) is 0 Å². The van der Waals surface area contributed by atoms with Crippen LogP contribution in [-0.2, 0) is 6.54 Å². The third-order valence-electron chi connectivity index (χ3n) is 4.40. The molecule has 29 heavy (non-hydrogen) atoms. The molecule has 3 heterocycles. The van der Waals surface area contributed by atoms with Gasteiger partial charge in [-0.05, 0) is 49.7 Å². The largest absolute Gasteiger partial charge is 0.346 e. The smallest absolute Gasteiger partial charge is 0.263 e. The minimum Gasteiger partial charge on any atom is -0.346 e. The van der Waals surface area contributed by atoms with Gasteiger partial charge in [-0.2, -0.15) is 0 Å². The number of nitrogens with one attached hydrogen (secondary N) is 1. The number of nitrogens with zero attached hydrogens (tertiary/aromatic N) is 4. The number of rotatable bonds is 6. The molecule has 6 nitrogen and oxygen atoms in total. The summed E-state index contributed by atoms with van der Waals surface area (Å²) in [6.07, 6.45) is 2.04. The zero-order chi connectivity index (χ0) is 20.4. The van der Waals surface area contributed by atoms with Crippen molar-refractivity contribution in [2.75, 3.05) is 6.26 Å². The van der Waals surface area contributed by atoms with Crippen molar-refractivity contribution in [3.8, 4) is 16.4 Å². The molecule has 9 heteroatoms. The Hall–Kier alpha value is -2.49. The fraction of sp³-hybridized carbons (Fsp3) is 0.200. The Bertz CT molecular complexity index is 1150. The number of hydrogen-bond donors (Lipinski definition) is 1. The first kappa shape index (κ1) is 19.8. The number of hydrogen-bond acceptors (Lipinski definition) is 7. The molecule has 0 saturated carbocycles. The van der Waals surface area contributed by atoms with Crippen LogP contribution >= 0.6 is 34.4 Å². The Morgan fingerprint density at radius 3 is 2.86 bits per heavy atom. The molecule has 0 aliphatic heterocycles. The summed E-state index contributed by atoms with van der Waals surface area (Å²) in [6, 6.07) is 12.1. The van der Waals surface area contributed by atoms with Crippen LogP contribution in [0.1, 0.15) is 25.9 Å². The Balaban J connectivity index is 1.59. The Morgan fingerprint density at radius 1 is 1.24 bits per heavy atom. The molecule has 0 bridgehead atoms. The third kappa shape index (κ3) is 4.12. The van der Waals surface area contributed by atoms with E-state index in [1.54, 1.807) is 23.1 Å². The quantitative estimate of drug-likeness (QED) is 0.438. The zero-order valence-electron chi connectivity index (χ0n) is 16.2. The number of carbonyl (C=O) groups is 1. The lowest BCUT2D eigenvalue weighted by molar-refractivity contribution is 0.0954. The van der Waals surface area contributed by atoms with E-state index in [1.807, 2.05) is 54.4 Å². The first-order chi connectivity index (χ1) is 14.1. The first-order valence-electron chi connectivity index (χ1n) is 8.92. The van der Waals surface area contributed by atoms with Gasteiger partial charge in [0.05, 0.1) is 23.6 Å². The van der Waals surface area contributed by atoms with Gasteiger partial charge in [0.2, 0.25) is 0 Å². The minimum absolute atomic E-state index is 0.114. The van der Waals surface area contributed by atoms with E-state index >= 15 is 0 Å². The molecule has 4 aromatic rings. The highest BCUT2D eigenvalue weighted by atomic mass is 32.2. The van der Waals surface area contributed by atoms with Crippen molar-refractivity contribution >= 4 is 40.3 Å². The highest BCUT2D eigenvalue weighted by Crippen LogP contribution is 2.30. The van der Waals surface area contributed by atoms with Gasteiger partial charge in [0, 0.05) is 9.77 Å². The van der Waals surface area contributed by atoms with Crippen LogP contribution in [0.3, 0.4) is 0 Å². The predicted molar refractivity (Wildman–Crippen MR) is 119 cm³/mol. The molecular weight excluding hydrogens is 422 g/mol. The highest BCUT2D eigenvalue weighted by Gasteiger charge is 2.20. The maximum absolute atomic E-state index is 12.6.